The van der Waals surface area contributed by atoms with Crippen LogP contribution >= 0.6 is 0 Å². The van der Waals surface area contributed by atoms with E-state index in [9.17, 15) is 4.79 Å². The van der Waals surface area contributed by atoms with Crippen LogP contribution in [0.2, 0.25) is 0 Å². The summed E-state index contributed by atoms with van der Waals surface area (Å²) in [6.45, 7) is 0. The van der Waals surface area contributed by atoms with E-state index in [1.165, 1.54) is 0 Å². The third-order valence-electron chi connectivity index (χ3n) is 6.82. The zero-order valence-corrected chi connectivity index (χ0v) is 22.0. The van der Waals surface area contributed by atoms with E-state index >= 15 is 0 Å². The molecule has 6 aromatic rings. The van der Waals surface area contributed by atoms with Gasteiger partial charge in [0.1, 0.15) is 0 Å². The Hall–Kier alpha value is -5.41. The van der Waals surface area contributed by atoms with Gasteiger partial charge in [0, 0.05) is 28.3 Å². The van der Waals surface area contributed by atoms with Crippen molar-refractivity contribution in [1.29, 1.82) is 0 Å². The van der Waals surface area contributed by atoms with Crippen LogP contribution in [0.3, 0.4) is 0 Å². The Morgan fingerprint density at radius 1 is 0.350 bits per heavy atom. The number of benzene rings is 6. The largest absolute Gasteiger partial charge is 0.310 e. The van der Waals surface area contributed by atoms with Crippen LogP contribution < -0.4 is 9.80 Å². The fourth-order valence-corrected chi connectivity index (χ4v) is 5.03. The third kappa shape index (κ3) is 5.01. The molecule has 0 aromatic heterocycles. The molecule has 0 radical (unpaired) electrons. The first-order valence-corrected chi connectivity index (χ1v) is 13.3. The Kier molecular flexibility index (Phi) is 7.19. The molecule has 6 rings (SSSR count). The van der Waals surface area contributed by atoms with Gasteiger partial charge in [-0.25, -0.2) is 0 Å². The van der Waals surface area contributed by atoms with Gasteiger partial charge in [-0.3, -0.25) is 4.79 Å². The van der Waals surface area contributed by atoms with E-state index in [-0.39, 0.29) is 5.78 Å². The molecule has 0 aliphatic rings. The predicted octanol–water partition coefficient (Wildman–Crippen LogP) is 9.86. The highest BCUT2D eigenvalue weighted by Gasteiger charge is 2.27. The van der Waals surface area contributed by atoms with Crippen LogP contribution in [0.15, 0.2) is 170 Å². The maximum atomic E-state index is 14.6. The van der Waals surface area contributed by atoms with Gasteiger partial charge in [-0.2, -0.15) is 0 Å². The lowest BCUT2D eigenvalue weighted by molar-refractivity contribution is 0.104. The molecule has 192 valence electrons. The SMILES string of the molecule is O=C(c1ccccc1)c1c(N(c2ccccc2)c2ccccc2)cccc1N(c1ccccc1)c1ccccc1. The van der Waals surface area contributed by atoms with Crippen molar-refractivity contribution in [2.24, 2.45) is 0 Å². The minimum absolute atomic E-state index is 0.0417. The van der Waals surface area contributed by atoms with Crippen LogP contribution in [0, 0.1) is 0 Å². The number of rotatable bonds is 8. The summed E-state index contributed by atoms with van der Waals surface area (Å²) in [6, 6.07) is 56.4. The van der Waals surface area contributed by atoms with Gasteiger partial charge >= 0.3 is 0 Å². The quantitative estimate of drug-likeness (QED) is 0.188. The van der Waals surface area contributed by atoms with Gasteiger partial charge in [0.15, 0.2) is 5.78 Å². The van der Waals surface area contributed by atoms with Crippen molar-refractivity contribution in [1.82, 2.24) is 0 Å². The van der Waals surface area contributed by atoms with Crippen LogP contribution in [-0.4, -0.2) is 5.78 Å². The van der Waals surface area contributed by atoms with Crippen molar-refractivity contribution in [3.05, 3.63) is 181 Å². The Balaban J connectivity index is 1.67. The number of para-hydroxylation sites is 4. The summed E-state index contributed by atoms with van der Waals surface area (Å²) in [5.41, 5.74) is 6.75. The number of carbonyl (C=O) groups is 1. The maximum Gasteiger partial charge on any atom is 0.197 e. The molecule has 0 aliphatic carbocycles. The molecule has 0 atom stereocenters. The van der Waals surface area contributed by atoms with Gasteiger partial charge < -0.3 is 9.80 Å². The highest BCUT2D eigenvalue weighted by atomic mass is 16.1. The van der Waals surface area contributed by atoms with Crippen LogP contribution in [0.25, 0.3) is 0 Å². The topological polar surface area (TPSA) is 23.6 Å². The summed E-state index contributed by atoms with van der Waals surface area (Å²) in [5.74, 6) is -0.0417. The molecular formula is C37H28N2O. The number of ketones is 1. The molecule has 6 aromatic carbocycles. The first-order chi connectivity index (χ1) is 19.8. The van der Waals surface area contributed by atoms with E-state index in [0.29, 0.717) is 11.1 Å². The smallest absolute Gasteiger partial charge is 0.197 e. The van der Waals surface area contributed by atoms with Crippen molar-refractivity contribution in [3.63, 3.8) is 0 Å². The molecule has 3 nitrogen and oxygen atoms in total. The van der Waals surface area contributed by atoms with Crippen molar-refractivity contribution < 1.29 is 4.79 Å². The molecule has 0 unspecified atom stereocenters. The van der Waals surface area contributed by atoms with Gasteiger partial charge in [-0.15, -0.1) is 0 Å². The van der Waals surface area contributed by atoms with Gasteiger partial charge in [-0.1, -0.05) is 109 Å². The normalized spacial score (nSPS) is 10.6. The Labute approximate surface area is 235 Å². The second-order valence-corrected chi connectivity index (χ2v) is 9.38. The zero-order valence-electron chi connectivity index (χ0n) is 22.0. The second-order valence-electron chi connectivity index (χ2n) is 9.38. The van der Waals surface area contributed by atoms with E-state index in [1.807, 2.05) is 121 Å². The number of anilines is 6. The van der Waals surface area contributed by atoms with Gasteiger partial charge in [0.05, 0.1) is 16.9 Å². The average Bonchev–Trinajstić information content (AvgIpc) is 3.04. The van der Waals surface area contributed by atoms with E-state index in [1.54, 1.807) is 0 Å². The van der Waals surface area contributed by atoms with Crippen LogP contribution in [0.5, 0.6) is 0 Å². The number of carbonyl (C=O) groups excluding carboxylic acids is 1. The molecule has 0 amide bonds. The zero-order chi connectivity index (χ0) is 27.1. The lowest BCUT2D eigenvalue weighted by Gasteiger charge is -2.32. The lowest BCUT2D eigenvalue weighted by Crippen LogP contribution is -2.19. The fraction of sp³-hybridized carbons (Fsp3) is 0. The summed E-state index contributed by atoms with van der Waals surface area (Å²) in [7, 11) is 0. The molecule has 0 bridgehead atoms. The van der Waals surface area contributed by atoms with Crippen molar-refractivity contribution in [2.75, 3.05) is 9.80 Å². The summed E-state index contributed by atoms with van der Waals surface area (Å²) in [5, 5.41) is 0. The Morgan fingerprint density at radius 3 is 0.975 bits per heavy atom. The first kappa shape index (κ1) is 24.9. The summed E-state index contributed by atoms with van der Waals surface area (Å²) in [6.07, 6.45) is 0. The highest BCUT2D eigenvalue weighted by Crippen LogP contribution is 2.44. The van der Waals surface area contributed by atoms with E-state index in [2.05, 4.69) is 58.3 Å². The van der Waals surface area contributed by atoms with Crippen LogP contribution in [-0.2, 0) is 0 Å². The molecule has 0 saturated heterocycles. The van der Waals surface area contributed by atoms with E-state index in [4.69, 9.17) is 0 Å². The monoisotopic (exact) mass is 516 g/mol. The van der Waals surface area contributed by atoms with Crippen LogP contribution in [0.1, 0.15) is 15.9 Å². The molecule has 0 fully saturated rings. The van der Waals surface area contributed by atoms with Crippen molar-refractivity contribution in [3.8, 4) is 0 Å². The van der Waals surface area contributed by atoms with Gasteiger partial charge in [0.2, 0.25) is 0 Å². The Morgan fingerprint density at radius 2 is 0.650 bits per heavy atom. The second kappa shape index (κ2) is 11.5. The molecule has 0 saturated carbocycles. The van der Waals surface area contributed by atoms with Gasteiger partial charge in [0.25, 0.3) is 0 Å². The lowest BCUT2D eigenvalue weighted by atomic mass is 9.97. The fourth-order valence-electron chi connectivity index (χ4n) is 5.03. The minimum atomic E-state index is -0.0417. The Bertz CT molecular complexity index is 1510. The predicted molar refractivity (Wildman–Crippen MR) is 166 cm³/mol. The van der Waals surface area contributed by atoms with E-state index in [0.717, 1.165) is 34.1 Å². The molecule has 0 N–H and O–H groups in total. The molecule has 40 heavy (non-hydrogen) atoms. The number of nitrogens with zero attached hydrogens (tertiary/aromatic N) is 2. The first-order valence-electron chi connectivity index (χ1n) is 13.3. The van der Waals surface area contributed by atoms with Crippen molar-refractivity contribution >= 4 is 39.9 Å². The van der Waals surface area contributed by atoms with Gasteiger partial charge in [-0.05, 0) is 60.7 Å². The summed E-state index contributed by atoms with van der Waals surface area (Å²) in [4.78, 5) is 18.9. The van der Waals surface area contributed by atoms with Crippen LogP contribution in [0.4, 0.5) is 34.1 Å². The highest BCUT2D eigenvalue weighted by molar-refractivity contribution is 6.17. The number of hydrogen-bond donors (Lipinski definition) is 0. The average molecular weight is 517 g/mol. The maximum absolute atomic E-state index is 14.6. The standard InChI is InChI=1S/C37H28N2O/c40-37(29-17-6-1-7-18-29)36-34(38(30-19-8-2-9-20-30)31-21-10-3-11-22-31)27-16-28-35(36)39(32-23-12-4-13-24-32)33-25-14-5-15-26-33/h1-28H. The van der Waals surface area contributed by atoms with Crippen molar-refractivity contribution in [2.45, 2.75) is 0 Å². The molecule has 0 spiro atoms. The molecule has 3 heteroatoms. The molecular weight excluding hydrogens is 488 g/mol. The minimum Gasteiger partial charge on any atom is -0.310 e. The summed E-state index contributed by atoms with van der Waals surface area (Å²) < 4.78 is 0. The number of hydrogen-bond acceptors (Lipinski definition) is 3. The summed E-state index contributed by atoms with van der Waals surface area (Å²) >= 11 is 0. The molecule has 0 heterocycles. The third-order valence-corrected chi connectivity index (χ3v) is 6.82. The van der Waals surface area contributed by atoms with E-state index < -0.39 is 0 Å². The molecule has 0 aliphatic heterocycles.